The van der Waals surface area contributed by atoms with Crippen molar-refractivity contribution < 1.29 is 19.4 Å². The summed E-state index contributed by atoms with van der Waals surface area (Å²) in [6, 6.07) is 11.6. The van der Waals surface area contributed by atoms with Gasteiger partial charge in [-0.2, -0.15) is 0 Å². The van der Waals surface area contributed by atoms with Gasteiger partial charge < -0.3 is 19.9 Å². The highest BCUT2D eigenvalue weighted by Gasteiger charge is 2.15. The topological polar surface area (TPSA) is 80.7 Å². The quantitative estimate of drug-likeness (QED) is 0.170. The smallest absolute Gasteiger partial charge is 0.307 e. The molecule has 0 atom stereocenters. The molecule has 3 aromatic rings. The zero-order valence-electron chi connectivity index (χ0n) is 17.3. The predicted molar refractivity (Wildman–Crippen MR) is 161 cm³/mol. The van der Waals surface area contributed by atoms with Gasteiger partial charge in [0.25, 0.3) is 0 Å². The second kappa shape index (κ2) is 13.6. The van der Waals surface area contributed by atoms with Crippen molar-refractivity contribution in [3.63, 3.8) is 0 Å². The van der Waals surface area contributed by atoms with Crippen molar-refractivity contribution in [2.24, 2.45) is 0 Å². The van der Waals surface area contributed by atoms with Crippen LogP contribution in [0.1, 0.15) is 17.5 Å². The SMILES string of the molecule is O=C(O)Cc1cc(I)c(Oc2cc(I)c(OCCCNCc3cccnc3)c(I)c2)c(I)c1. The normalized spacial score (nSPS) is 10.8. The number of carboxylic acid groups (broad SMARTS) is 1. The van der Waals surface area contributed by atoms with Crippen LogP contribution in [0.25, 0.3) is 0 Å². The third-order valence-corrected chi connectivity index (χ3v) is 7.61. The lowest BCUT2D eigenvalue weighted by Crippen LogP contribution is -2.17. The van der Waals surface area contributed by atoms with Crippen molar-refractivity contribution in [2.45, 2.75) is 19.4 Å². The molecule has 0 saturated heterocycles. The lowest BCUT2D eigenvalue weighted by molar-refractivity contribution is -0.136. The molecule has 0 amide bonds. The van der Waals surface area contributed by atoms with E-state index in [1.54, 1.807) is 6.20 Å². The first kappa shape index (κ1) is 27.1. The summed E-state index contributed by atoms with van der Waals surface area (Å²) in [6.07, 6.45) is 4.53. The Balaban J connectivity index is 1.56. The number of benzene rings is 2. The van der Waals surface area contributed by atoms with Gasteiger partial charge in [0.05, 0.1) is 27.3 Å². The largest absolute Gasteiger partial charge is 0.491 e. The Morgan fingerprint density at radius 1 is 0.970 bits per heavy atom. The summed E-state index contributed by atoms with van der Waals surface area (Å²) >= 11 is 8.89. The van der Waals surface area contributed by atoms with Gasteiger partial charge in [-0.25, -0.2) is 0 Å². The third kappa shape index (κ3) is 8.61. The molecule has 0 spiro atoms. The van der Waals surface area contributed by atoms with Crippen LogP contribution in [0, 0.1) is 14.3 Å². The van der Waals surface area contributed by atoms with Gasteiger partial charge in [-0.1, -0.05) is 6.07 Å². The molecule has 0 aliphatic heterocycles. The number of halogens is 4. The van der Waals surface area contributed by atoms with Crippen molar-refractivity contribution in [3.8, 4) is 17.2 Å². The molecular formula is C23H20I4N2O4. The maximum absolute atomic E-state index is 11.0. The van der Waals surface area contributed by atoms with Gasteiger partial charge in [-0.05, 0) is 145 Å². The second-order valence-corrected chi connectivity index (χ2v) is 11.7. The number of carbonyl (C=O) groups is 1. The number of aliphatic carboxylic acids is 1. The van der Waals surface area contributed by atoms with E-state index >= 15 is 0 Å². The average molecular weight is 896 g/mol. The molecule has 0 radical (unpaired) electrons. The summed E-state index contributed by atoms with van der Waals surface area (Å²) in [4.78, 5) is 15.1. The van der Waals surface area contributed by atoms with E-state index in [0.717, 1.165) is 56.6 Å². The molecule has 6 nitrogen and oxygen atoms in total. The molecule has 0 unspecified atom stereocenters. The highest BCUT2D eigenvalue weighted by molar-refractivity contribution is 14.1. The number of aromatic nitrogens is 1. The van der Waals surface area contributed by atoms with Crippen molar-refractivity contribution in [3.05, 3.63) is 74.2 Å². The lowest BCUT2D eigenvalue weighted by Gasteiger charge is -2.15. The summed E-state index contributed by atoms with van der Waals surface area (Å²) in [5.41, 5.74) is 1.92. The molecule has 0 saturated carbocycles. The molecule has 0 fully saturated rings. The first-order valence-corrected chi connectivity index (χ1v) is 14.2. The van der Waals surface area contributed by atoms with E-state index in [1.807, 2.05) is 36.5 Å². The molecule has 10 heteroatoms. The molecule has 33 heavy (non-hydrogen) atoms. The first-order chi connectivity index (χ1) is 15.8. The number of carboxylic acids is 1. The number of nitrogens with one attached hydrogen (secondary N) is 1. The van der Waals surface area contributed by atoms with E-state index in [4.69, 9.17) is 14.6 Å². The maximum atomic E-state index is 11.0. The van der Waals surface area contributed by atoms with E-state index in [1.165, 1.54) is 5.56 Å². The number of rotatable bonds is 11. The van der Waals surface area contributed by atoms with Crippen molar-refractivity contribution >= 4 is 96.3 Å². The van der Waals surface area contributed by atoms with Crippen LogP contribution in [-0.2, 0) is 17.8 Å². The van der Waals surface area contributed by atoms with E-state index in [-0.39, 0.29) is 6.42 Å². The highest BCUT2D eigenvalue weighted by Crippen LogP contribution is 2.37. The van der Waals surface area contributed by atoms with Gasteiger partial charge in [0.2, 0.25) is 0 Å². The van der Waals surface area contributed by atoms with Gasteiger partial charge in [0, 0.05) is 18.9 Å². The first-order valence-electron chi connectivity index (χ1n) is 9.92. The van der Waals surface area contributed by atoms with Gasteiger partial charge in [0.1, 0.15) is 11.5 Å². The van der Waals surface area contributed by atoms with Gasteiger partial charge >= 0.3 is 5.97 Å². The second-order valence-electron chi connectivity index (χ2n) is 7.02. The minimum absolute atomic E-state index is 0.00685. The fourth-order valence-electron chi connectivity index (χ4n) is 2.94. The standard InChI is InChI=1S/C23H20I4N2O4/c24-17-7-15(9-21(30)31)8-18(25)23(17)33-16-10-19(26)22(20(27)11-16)32-6-2-5-29-13-14-3-1-4-28-12-14/h1,3-4,7-8,10-12,29H,2,5-6,9,13H2,(H,30,31). The molecule has 2 aromatic carbocycles. The van der Waals surface area contributed by atoms with E-state index in [0.29, 0.717) is 6.61 Å². The number of hydrogen-bond donors (Lipinski definition) is 2. The van der Waals surface area contributed by atoms with Crippen LogP contribution in [0.3, 0.4) is 0 Å². The van der Waals surface area contributed by atoms with E-state index in [2.05, 4.69) is 107 Å². The maximum Gasteiger partial charge on any atom is 0.307 e. The van der Waals surface area contributed by atoms with Crippen LogP contribution in [0.2, 0.25) is 0 Å². The Hall–Kier alpha value is -0.460. The molecule has 0 aliphatic carbocycles. The van der Waals surface area contributed by atoms with E-state index in [9.17, 15) is 4.79 Å². The van der Waals surface area contributed by atoms with Crippen LogP contribution in [0.4, 0.5) is 0 Å². The van der Waals surface area contributed by atoms with Crippen molar-refractivity contribution in [1.82, 2.24) is 10.3 Å². The molecule has 3 rings (SSSR count). The summed E-state index contributed by atoms with van der Waals surface area (Å²) < 4.78 is 15.9. The lowest BCUT2D eigenvalue weighted by atomic mass is 10.1. The number of hydrogen-bond acceptors (Lipinski definition) is 5. The number of ether oxygens (including phenoxy) is 2. The minimum atomic E-state index is -0.848. The van der Waals surface area contributed by atoms with Crippen LogP contribution in [0.5, 0.6) is 17.2 Å². The molecule has 174 valence electrons. The van der Waals surface area contributed by atoms with Gasteiger partial charge in [0.15, 0.2) is 5.75 Å². The fourth-order valence-corrected chi connectivity index (χ4v) is 7.08. The van der Waals surface area contributed by atoms with Crippen LogP contribution in [0.15, 0.2) is 48.8 Å². The Labute approximate surface area is 247 Å². The summed E-state index contributed by atoms with van der Waals surface area (Å²) in [5, 5.41) is 12.4. The summed E-state index contributed by atoms with van der Waals surface area (Å²) in [5.74, 6) is 1.46. The zero-order valence-corrected chi connectivity index (χ0v) is 25.9. The summed E-state index contributed by atoms with van der Waals surface area (Å²) in [6.45, 7) is 2.27. The minimum Gasteiger partial charge on any atom is -0.491 e. The van der Waals surface area contributed by atoms with Crippen molar-refractivity contribution in [1.29, 1.82) is 0 Å². The monoisotopic (exact) mass is 896 g/mol. The molecule has 1 heterocycles. The number of nitrogens with zero attached hydrogens (tertiary/aromatic N) is 1. The average Bonchev–Trinajstić information content (AvgIpc) is 2.75. The van der Waals surface area contributed by atoms with Crippen LogP contribution in [-0.4, -0.2) is 29.2 Å². The zero-order chi connectivity index (χ0) is 23.8. The molecule has 2 N–H and O–H groups in total. The Bertz CT molecular complexity index is 1070. The summed E-state index contributed by atoms with van der Waals surface area (Å²) in [7, 11) is 0. The van der Waals surface area contributed by atoms with Gasteiger partial charge in [-0.3, -0.25) is 9.78 Å². The predicted octanol–water partition coefficient (Wildman–Crippen LogP) is 6.48. The molecular weight excluding hydrogens is 876 g/mol. The Morgan fingerprint density at radius 3 is 2.24 bits per heavy atom. The van der Waals surface area contributed by atoms with Crippen LogP contribution < -0.4 is 14.8 Å². The molecule has 0 aliphatic rings. The van der Waals surface area contributed by atoms with Crippen molar-refractivity contribution in [2.75, 3.05) is 13.2 Å². The highest BCUT2D eigenvalue weighted by atomic mass is 127. The fraction of sp³-hybridized carbons (Fsp3) is 0.217. The molecule has 1 aromatic heterocycles. The number of pyridine rings is 1. The van der Waals surface area contributed by atoms with Gasteiger partial charge in [-0.15, -0.1) is 0 Å². The Morgan fingerprint density at radius 2 is 1.64 bits per heavy atom. The van der Waals surface area contributed by atoms with Crippen LogP contribution >= 0.6 is 90.4 Å². The Kier molecular flexibility index (Phi) is 11.2. The third-order valence-electron chi connectivity index (χ3n) is 4.40. The van der Waals surface area contributed by atoms with E-state index < -0.39 is 5.97 Å². The molecule has 0 bridgehead atoms.